The number of fused-ring (bicyclic) bond motifs is 1. The summed E-state index contributed by atoms with van der Waals surface area (Å²) in [4.78, 5) is 35.2. The third kappa shape index (κ3) is 3.29. The van der Waals surface area contributed by atoms with Crippen molar-refractivity contribution >= 4 is 23.6 Å². The van der Waals surface area contributed by atoms with Crippen LogP contribution >= 0.6 is 0 Å². The molecule has 3 heterocycles. The number of carbonyl (C=O) groups excluding carboxylic acids is 2. The number of rotatable bonds is 5. The Balaban J connectivity index is 1.94. The van der Waals surface area contributed by atoms with Crippen LogP contribution in [-0.4, -0.2) is 88.7 Å². The van der Waals surface area contributed by atoms with Crippen LogP contribution in [0.15, 0.2) is 4.99 Å². The molecule has 26 heavy (non-hydrogen) atoms. The molecule has 0 spiro atoms. The Bertz CT molecular complexity index is 654. The molecular weight excluding hydrogens is 330 g/mol. The van der Waals surface area contributed by atoms with Crippen LogP contribution in [-0.2, 0) is 4.79 Å². The van der Waals surface area contributed by atoms with Gasteiger partial charge in [-0.05, 0) is 36.7 Å². The molecule has 3 aliphatic heterocycles. The highest BCUT2D eigenvalue weighted by molar-refractivity contribution is 6.23. The molecular formula is C19H32N5O2+. The van der Waals surface area contributed by atoms with Crippen molar-refractivity contribution in [3.8, 4) is 0 Å². The van der Waals surface area contributed by atoms with Gasteiger partial charge in [-0.2, -0.15) is 0 Å². The van der Waals surface area contributed by atoms with E-state index in [2.05, 4.69) is 30.2 Å². The van der Waals surface area contributed by atoms with E-state index < -0.39 is 6.04 Å². The Morgan fingerprint density at radius 1 is 1.19 bits per heavy atom. The summed E-state index contributed by atoms with van der Waals surface area (Å²) in [5.74, 6) is 1.75. The first-order valence-electron chi connectivity index (χ1n) is 9.85. The fourth-order valence-electron chi connectivity index (χ4n) is 4.29. The molecule has 144 valence electrons. The molecule has 2 unspecified atom stereocenters. The SMILES string of the molecule is CCC1CCCCN1CC1=[N+](CC(C)C)C2C(=O)N(C)C(=O)N(C)C2=N1. The summed E-state index contributed by atoms with van der Waals surface area (Å²) >= 11 is 0. The van der Waals surface area contributed by atoms with E-state index in [1.807, 2.05) is 0 Å². The summed E-state index contributed by atoms with van der Waals surface area (Å²) in [6.45, 7) is 9.14. The molecule has 3 aliphatic rings. The van der Waals surface area contributed by atoms with Crippen LogP contribution in [0.2, 0.25) is 0 Å². The van der Waals surface area contributed by atoms with Gasteiger partial charge in [-0.25, -0.2) is 9.37 Å². The fraction of sp³-hybridized carbons (Fsp3) is 0.789. The van der Waals surface area contributed by atoms with E-state index in [9.17, 15) is 9.59 Å². The molecule has 7 heteroatoms. The van der Waals surface area contributed by atoms with Gasteiger partial charge in [0.25, 0.3) is 17.8 Å². The molecule has 2 atom stereocenters. The second kappa shape index (κ2) is 7.47. The van der Waals surface area contributed by atoms with E-state index in [0.29, 0.717) is 17.8 Å². The molecule has 3 amide bonds. The first kappa shape index (κ1) is 19.0. The number of likely N-dealkylation sites (N-methyl/N-ethyl adjacent to an activating group) is 2. The summed E-state index contributed by atoms with van der Waals surface area (Å²) in [6, 6.07) is -0.192. The zero-order chi connectivity index (χ0) is 19.0. The number of hydrogen-bond acceptors (Lipinski definition) is 4. The van der Waals surface area contributed by atoms with Crippen molar-refractivity contribution in [1.82, 2.24) is 14.7 Å². The average molecular weight is 362 g/mol. The zero-order valence-corrected chi connectivity index (χ0v) is 16.7. The normalized spacial score (nSPS) is 27.5. The fourth-order valence-corrected chi connectivity index (χ4v) is 4.29. The van der Waals surface area contributed by atoms with Crippen molar-refractivity contribution in [3.05, 3.63) is 0 Å². The molecule has 0 saturated carbocycles. The van der Waals surface area contributed by atoms with Crippen molar-refractivity contribution in [2.45, 2.75) is 58.5 Å². The zero-order valence-electron chi connectivity index (χ0n) is 16.7. The molecule has 0 aromatic rings. The van der Waals surface area contributed by atoms with Gasteiger partial charge in [0.05, 0.1) is 6.54 Å². The number of urea groups is 1. The van der Waals surface area contributed by atoms with Gasteiger partial charge in [0.1, 0.15) is 6.54 Å². The predicted molar refractivity (Wildman–Crippen MR) is 102 cm³/mol. The number of hydrogen-bond donors (Lipinski definition) is 0. The van der Waals surface area contributed by atoms with E-state index in [0.717, 1.165) is 31.9 Å². The number of piperidine rings is 1. The molecule has 0 aromatic heterocycles. The second-order valence-electron chi connectivity index (χ2n) is 8.10. The lowest BCUT2D eigenvalue weighted by atomic mass is 10.00. The third-order valence-electron chi connectivity index (χ3n) is 5.74. The van der Waals surface area contributed by atoms with Crippen molar-refractivity contribution in [3.63, 3.8) is 0 Å². The topological polar surface area (TPSA) is 59.2 Å². The minimum atomic E-state index is -0.468. The van der Waals surface area contributed by atoms with Gasteiger partial charge >= 0.3 is 11.9 Å². The monoisotopic (exact) mass is 362 g/mol. The molecule has 0 N–H and O–H groups in total. The number of carbonyl (C=O) groups is 2. The lowest BCUT2D eigenvalue weighted by Gasteiger charge is -2.34. The quantitative estimate of drug-likeness (QED) is 0.699. The van der Waals surface area contributed by atoms with Crippen LogP contribution in [0.25, 0.3) is 0 Å². The smallest absolute Gasteiger partial charge is 0.289 e. The van der Waals surface area contributed by atoms with E-state index >= 15 is 0 Å². The highest BCUT2D eigenvalue weighted by Crippen LogP contribution is 2.23. The Labute approximate surface area is 156 Å². The number of likely N-dealkylation sites (tertiary alicyclic amines) is 1. The van der Waals surface area contributed by atoms with Gasteiger partial charge in [-0.3, -0.25) is 19.5 Å². The largest absolute Gasteiger partial charge is 0.333 e. The van der Waals surface area contributed by atoms with E-state index in [-0.39, 0.29) is 11.9 Å². The highest BCUT2D eigenvalue weighted by Gasteiger charge is 2.53. The van der Waals surface area contributed by atoms with Gasteiger partial charge in [0.2, 0.25) is 0 Å². The van der Waals surface area contributed by atoms with Crippen molar-refractivity contribution < 1.29 is 14.2 Å². The molecule has 2 saturated heterocycles. The second-order valence-corrected chi connectivity index (χ2v) is 8.10. The van der Waals surface area contributed by atoms with Gasteiger partial charge in [0.15, 0.2) is 0 Å². The van der Waals surface area contributed by atoms with Crippen molar-refractivity contribution in [1.29, 1.82) is 0 Å². The highest BCUT2D eigenvalue weighted by atomic mass is 16.2. The first-order valence-corrected chi connectivity index (χ1v) is 9.85. The van der Waals surface area contributed by atoms with Crippen molar-refractivity contribution in [2.24, 2.45) is 10.9 Å². The van der Waals surface area contributed by atoms with E-state index in [4.69, 9.17) is 4.99 Å². The van der Waals surface area contributed by atoms with Gasteiger partial charge < -0.3 is 0 Å². The maximum Gasteiger partial charge on any atom is 0.333 e. The minimum absolute atomic E-state index is 0.173. The summed E-state index contributed by atoms with van der Waals surface area (Å²) in [5.41, 5.74) is 0. The first-order chi connectivity index (χ1) is 12.3. The Hall–Kier alpha value is -1.76. The standard InChI is InChI=1S/C19H32N5O2/c1-6-14-9-7-8-10-23(14)12-15-20-17-16(24(15)11-13(2)3)18(25)22(5)19(26)21(17)4/h13-14,16H,6-12H2,1-5H3/q+1. The van der Waals surface area contributed by atoms with Crippen LogP contribution < -0.4 is 0 Å². The number of amides is 3. The number of amidine groups is 2. The summed E-state index contributed by atoms with van der Waals surface area (Å²) in [7, 11) is 3.27. The summed E-state index contributed by atoms with van der Waals surface area (Å²) < 4.78 is 2.13. The lowest BCUT2D eigenvalue weighted by molar-refractivity contribution is -0.542. The minimum Gasteiger partial charge on any atom is -0.289 e. The molecule has 0 aliphatic carbocycles. The van der Waals surface area contributed by atoms with Crippen LogP contribution in [0, 0.1) is 5.92 Å². The van der Waals surface area contributed by atoms with E-state index in [1.54, 1.807) is 14.1 Å². The number of nitrogens with zero attached hydrogens (tertiary/aromatic N) is 5. The molecule has 0 radical (unpaired) electrons. The van der Waals surface area contributed by atoms with Crippen LogP contribution in [0.4, 0.5) is 4.79 Å². The lowest BCUT2D eigenvalue weighted by Crippen LogP contribution is -2.61. The third-order valence-corrected chi connectivity index (χ3v) is 5.74. The van der Waals surface area contributed by atoms with Crippen LogP contribution in [0.3, 0.4) is 0 Å². The molecule has 3 rings (SSSR count). The van der Waals surface area contributed by atoms with Gasteiger partial charge in [-0.1, -0.05) is 27.2 Å². The Kier molecular flexibility index (Phi) is 5.46. The maximum atomic E-state index is 12.8. The molecule has 7 nitrogen and oxygen atoms in total. The van der Waals surface area contributed by atoms with Gasteiger partial charge in [0, 0.05) is 20.1 Å². The maximum absolute atomic E-state index is 12.8. The molecule has 0 bridgehead atoms. The molecule has 0 aromatic carbocycles. The number of imide groups is 1. The summed E-state index contributed by atoms with van der Waals surface area (Å²) in [5, 5.41) is 0. The Morgan fingerprint density at radius 2 is 1.92 bits per heavy atom. The van der Waals surface area contributed by atoms with Crippen molar-refractivity contribution in [2.75, 3.05) is 33.7 Å². The molecule has 2 fully saturated rings. The van der Waals surface area contributed by atoms with Crippen LogP contribution in [0.1, 0.15) is 46.5 Å². The van der Waals surface area contributed by atoms with Gasteiger partial charge in [-0.15, -0.1) is 0 Å². The number of aliphatic imine (C=N–C) groups is 1. The predicted octanol–water partition coefficient (Wildman–Crippen LogP) is 1.62. The van der Waals surface area contributed by atoms with E-state index in [1.165, 1.54) is 29.1 Å². The van der Waals surface area contributed by atoms with Crippen LogP contribution in [0.5, 0.6) is 0 Å². The Morgan fingerprint density at radius 3 is 2.58 bits per heavy atom. The average Bonchev–Trinajstić information content (AvgIpc) is 2.96. The summed E-state index contributed by atoms with van der Waals surface area (Å²) in [6.07, 6.45) is 4.87.